The third kappa shape index (κ3) is 3.26. The summed E-state index contributed by atoms with van der Waals surface area (Å²) >= 11 is 0. The largest absolute Gasteiger partial charge is 0.455 e. The summed E-state index contributed by atoms with van der Waals surface area (Å²) in [6.45, 7) is 0. The van der Waals surface area contributed by atoms with Crippen molar-refractivity contribution in [3.63, 3.8) is 0 Å². The van der Waals surface area contributed by atoms with Crippen molar-refractivity contribution in [3.05, 3.63) is 140 Å². The number of para-hydroxylation sites is 3. The molecule has 0 saturated heterocycles. The summed E-state index contributed by atoms with van der Waals surface area (Å²) in [5, 5.41) is 4.43. The van der Waals surface area contributed by atoms with Crippen LogP contribution in [0.15, 0.2) is 148 Å². The highest BCUT2D eigenvalue weighted by Gasteiger charge is 2.20. The average molecular weight is 526 g/mol. The lowest BCUT2D eigenvalue weighted by atomic mass is 10.00. The molecule has 0 unspecified atom stereocenters. The molecule has 0 saturated carbocycles. The molecule has 0 N–H and O–H groups in total. The predicted octanol–water partition coefficient (Wildman–Crippen LogP) is 10.8. The fourth-order valence-corrected chi connectivity index (χ4v) is 6.32. The van der Waals surface area contributed by atoms with E-state index in [9.17, 15) is 0 Å². The molecule has 41 heavy (non-hydrogen) atoms. The molecule has 0 aliphatic heterocycles. The molecule has 0 spiro atoms. The van der Waals surface area contributed by atoms with Gasteiger partial charge >= 0.3 is 0 Å². The first kappa shape index (κ1) is 22.3. The van der Waals surface area contributed by atoms with Crippen LogP contribution in [-0.2, 0) is 0 Å². The van der Waals surface area contributed by atoms with Crippen LogP contribution in [0.5, 0.6) is 0 Å². The fraction of sp³-hybridized carbons (Fsp3) is 0. The van der Waals surface area contributed by atoms with Crippen LogP contribution in [0, 0.1) is 0 Å². The lowest BCUT2D eigenvalue weighted by molar-refractivity contribution is 0.669. The highest BCUT2D eigenvalue weighted by atomic mass is 16.3. The highest BCUT2D eigenvalue weighted by molar-refractivity contribution is 6.17. The Morgan fingerprint density at radius 3 is 2.02 bits per heavy atom. The minimum absolute atomic E-state index is 0.863. The summed E-state index contributed by atoms with van der Waals surface area (Å²) in [7, 11) is 0. The van der Waals surface area contributed by atoms with Crippen molar-refractivity contribution >= 4 is 54.9 Å². The van der Waals surface area contributed by atoms with E-state index in [0.717, 1.165) is 71.7 Å². The van der Waals surface area contributed by atoms with E-state index in [-0.39, 0.29) is 0 Å². The van der Waals surface area contributed by atoms with Gasteiger partial charge in [-0.3, -0.25) is 0 Å². The number of hydrogen-bond acceptors (Lipinski definition) is 2. The minimum Gasteiger partial charge on any atom is -0.455 e. The standard InChI is InChI=1S/C38H23NO2/c1-3-10-24(11-4-1)25-19-21-34-32(22-25)29-16-9-15-28(37(29)40-34)26-18-20-31-35(23-26)41-38-30-14-7-8-17-33(30)39(36(31)38)27-12-5-2-6-13-27/h1-23H. The molecule has 0 fully saturated rings. The molecule has 0 amide bonds. The van der Waals surface area contributed by atoms with E-state index in [1.807, 2.05) is 12.1 Å². The summed E-state index contributed by atoms with van der Waals surface area (Å²) in [5.41, 5.74) is 11.4. The van der Waals surface area contributed by atoms with Crippen molar-refractivity contribution in [2.24, 2.45) is 0 Å². The first-order chi connectivity index (χ1) is 20.3. The van der Waals surface area contributed by atoms with Crippen LogP contribution in [0.3, 0.4) is 0 Å². The van der Waals surface area contributed by atoms with E-state index in [0.29, 0.717) is 0 Å². The maximum Gasteiger partial charge on any atom is 0.161 e. The van der Waals surface area contributed by atoms with E-state index in [2.05, 4.69) is 132 Å². The molecular formula is C38H23NO2. The number of hydrogen-bond donors (Lipinski definition) is 0. The Morgan fingerprint density at radius 2 is 1.15 bits per heavy atom. The fourth-order valence-electron chi connectivity index (χ4n) is 6.32. The van der Waals surface area contributed by atoms with Gasteiger partial charge in [0.15, 0.2) is 5.58 Å². The maximum atomic E-state index is 6.61. The smallest absolute Gasteiger partial charge is 0.161 e. The van der Waals surface area contributed by atoms with Crippen LogP contribution in [0.25, 0.3) is 82.9 Å². The first-order valence-corrected chi connectivity index (χ1v) is 13.9. The molecule has 3 nitrogen and oxygen atoms in total. The first-order valence-electron chi connectivity index (χ1n) is 13.9. The monoisotopic (exact) mass is 525 g/mol. The van der Waals surface area contributed by atoms with Gasteiger partial charge in [-0.25, -0.2) is 0 Å². The van der Waals surface area contributed by atoms with Crippen molar-refractivity contribution in [2.75, 3.05) is 0 Å². The predicted molar refractivity (Wildman–Crippen MR) is 169 cm³/mol. The van der Waals surface area contributed by atoms with Crippen LogP contribution in [0.2, 0.25) is 0 Å². The van der Waals surface area contributed by atoms with E-state index < -0.39 is 0 Å². The normalized spacial score (nSPS) is 11.9. The topological polar surface area (TPSA) is 31.2 Å². The van der Waals surface area contributed by atoms with Gasteiger partial charge in [0.05, 0.1) is 5.52 Å². The van der Waals surface area contributed by atoms with Crippen molar-refractivity contribution in [2.45, 2.75) is 0 Å². The highest BCUT2D eigenvalue weighted by Crippen LogP contribution is 2.42. The molecule has 192 valence electrons. The second-order valence-corrected chi connectivity index (χ2v) is 10.5. The second-order valence-electron chi connectivity index (χ2n) is 10.5. The summed E-state index contributed by atoms with van der Waals surface area (Å²) in [6.07, 6.45) is 0. The molecule has 3 heterocycles. The minimum atomic E-state index is 0.863. The quantitative estimate of drug-likeness (QED) is 0.230. The molecule has 0 bridgehead atoms. The van der Waals surface area contributed by atoms with Gasteiger partial charge < -0.3 is 13.4 Å². The Labute approximate surface area is 235 Å². The third-order valence-electron chi connectivity index (χ3n) is 8.21. The van der Waals surface area contributed by atoms with Crippen LogP contribution in [0.4, 0.5) is 0 Å². The van der Waals surface area contributed by atoms with Gasteiger partial charge in [0.1, 0.15) is 22.3 Å². The Balaban J connectivity index is 1.25. The van der Waals surface area contributed by atoms with Gasteiger partial charge in [0.2, 0.25) is 0 Å². The van der Waals surface area contributed by atoms with Crippen molar-refractivity contribution in [1.82, 2.24) is 4.57 Å². The summed E-state index contributed by atoms with van der Waals surface area (Å²) in [4.78, 5) is 0. The Hall–Kier alpha value is -5.54. The van der Waals surface area contributed by atoms with Crippen molar-refractivity contribution < 1.29 is 8.83 Å². The Bertz CT molecular complexity index is 2410. The number of benzene rings is 6. The lowest BCUT2D eigenvalue weighted by Gasteiger charge is -2.07. The molecule has 6 aromatic carbocycles. The molecule has 0 radical (unpaired) electrons. The van der Waals surface area contributed by atoms with Crippen molar-refractivity contribution in [1.29, 1.82) is 0 Å². The van der Waals surface area contributed by atoms with Crippen molar-refractivity contribution in [3.8, 4) is 27.9 Å². The van der Waals surface area contributed by atoms with Gasteiger partial charge in [-0.15, -0.1) is 0 Å². The van der Waals surface area contributed by atoms with Gasteiger partial charge in [-0.1, -0.05) is 91.0 Å². The van der Waals surface area contributed by atoms with E-state index >= 15 is 0 Å². The van der Waals surface area contributed by atoms with Crippen LogP contribution in [-0.4, -0.2) is 4.57 Å². The number of furan rings is 2. The van der Waals surface area contributed by atoms with Gasteiger partial charge in [0.25, 0.3) is 0 Å². The van der Waals surface area contributed by atoms with Crippen LogP contribution < -0.4 is 0 Å². The number of fused-ring (bicyclic) bond motifs is 8. The van der Waals surface area contributed by atoms with Gasteiger partial charge in [-0.05, 0) is 65.2 Å². The van der Waals surface area contributed by atoms with Crippen LogP contribution >= 0.6 is 0 Å². The van der Waals surface area contributed by atoms with E-state index in [4.69, 9.17) is 8.83 Å². The van der Waals surface area contributed by atoms with Crippen LogP contribution in [0.1, 0.15) is 0 Å². The van der Waals surface area contributed by atoms with E-state index in [1.165, 1.54) is 11.1 Å². The summed E-state index contributed by atoms with van der Waals surface area (Å²) in [6, 6.07) is 48.8. The second kappa shape index (κ2) is 8.48. The zero-order chi connectivity index (χ0) is 26.9. The molecule has 0 aliphatic rings. The molecule has 0 aliphatic carbocycles. The molecule has 3 heteroatoms. The average Bonchev–Trinajstić information content (AvgIpc) is 3.70. The Morgan fingerprint density at radius 1 is 0.415 bits per heavy atom. The summed E-state index contributed by atoms with van der Waals surface area (Å²) in [5.74, 6) is 0. The lowest BCUT2D eigenvalue weighted by Crippen LogP contribution is -1.92. The molecular weight excluding hydrogens is 502 g/mol. The van der Waals surface area contributed by atoms with Gasteiger partial charge in [0, 0.05) is 32.8 Å². The SMILES string of the molecule is c1ccc(-c2ccc3oc4c(-c5ccc6c(c5)oc5c7ccccc7n(-c7ccccc7)c65)cccc4c3c2)cc1. The summed E-state index contributed by atoms with van der Waals surface area (Å²) < 4.78 is 15.4. The molecule has 3 aromatic heterocycles. The third-order valence-corrected chi connectivity index (χ3v) is 8.21. The zero-order valence-electron chi connectivity index (χ0n) is 22.0. The zero-order valence-corrected chi connectivity index (χ0v) is 22.0. The number of aromatic nitrogens is 1. The Kier molecular flexibility index (Phi) is 4.61. The molecule has 9 aromatic rings. The van der Waals surface area contributed by atoms with Gasteiger partial charge in [-0.2, -0.15) is 0 Å². The number of nitrogens with zero attached hydrogens (tertiary/aromatic N) is 1. The molecule has 0 atom stereocenters. The molecule has 9 rings (SSSR count). The number of rotatable bonds is 3. The maximum absolute atomic E-state index is 6.61. The van der Waals surface area contributed by atoms with E-state index in [1.54, 1.807) is 0 Å².